The van der Waals surface area contributed by atoms with Crippen molar-refractivity contribution in [3.63, 3.8) is 0 Å². The predicted molar refractivity (Wildman–Crippen MR) is 70.5 cm³/mol. The third kappa shape index (κ3) is 2.28. The average Bonchev–Trinajstić information content (AvgIpc) is 2.87. The zero-order valence-corrected chi connectivity index (χ0v) is 10.8. The van der Waals surface area contributed by atoms with Crippen LogP contribution < -0.4 is 4.90 Å². The summed E-state index contributed by atoms with van der Waals surface area (Å²) in [6.07, 6.45) is 5.16. The van der Waals surface area contributed by atoms with Gasteiger partial charge < -0.3 is 15.0 Å². The number of anilines is 1. The molecule has 0 aliphatic carbocycles. The molecule has 2 aromatic heterocycles. The van der Waals surface area contributed by atoms with E-state index in [1.807, 2.05) is 0 Å². The quantitative estimate of drug-likeness (QED) is 0.807. The predicted octanol–water partition coefficient (Wildman–Crippen LogP) is 1.34. The molecule has 18 heavy (non-hydrogen) atoms. The maximum atomic E-state index is 9.25. The van der Waals surface area contributed by atoms with Crippen molar-refractivity contribution in [2.45, 2.75) is 32.7 Å². The van der Waals surface area contributed by atoms with Crippen LogP contribution in [0.1, 0.15) is 26.7 Å². The Morgan fingerprint density at radius 1 is 1.28 bits per heavy atom. The summed E-state index contributed by atoms with van der Waals surface area (Å²) in [5.41, 5.74) is 1.49. The van der Waals surface area contributed by atoms with Crippen LogP contribution in [0, 0.1) is 0 Å². The highest BCUT2D eigenvalue weighted by Crippen LogP contribution is 2.23. The second-order valence-electron chi connectivity index (χ2n) is 4.19. The highest BCUT2D eigenvalue weighted by molar-refractivity contribution is 5.82. The van der Waals surface area contributed by atoms with Crippen LogP contribution >= 0.6 is 0 Å². The molecule has 0 spiro atoms. The number of nitrogens with one attached hydrogen (secondary N) is 1. The summed E-state index contributed by atoms with van der Waals surface area (Å²) in [6.45, 7) is 4.96. The van der Waals surface area contributed by atoms with E-state index >= 15 is 0 Å². The lowest BCUT2D eigenvalue weighted by Gasteiger charge is -2.31. The Bertz CT molecular complexity index is 494. The molecular weight excluding hydrogens is 230 g/mol. The zero-order valence-electron chi connectivity index (χ0n) is 10.8. The minimum Gasteiger partial charge on any atom is -0.395 e. The lowest BCUT2D eigenvalue weighted by Crippen LogP contribution is -2.37. The summed E-state index contributed by atoms with van der Waals surface area (Å²) in [6, 6.07) is 0.360. The molecule has 98 valence electrons. The van der Waals surface area contributed by atoms with Gasteiger partial charge in [0.1, 0.15) is 11.8 Å². The van der Waals surface area contributed by atoms with E-state index in [9.17, 15) is 5.11 Å². The third-order valence-corrected chi connectivity index (χ3v) is 3.20. The molecular formula is C12H19N5O. The van der Waals surface area contributed by atoms with Crippen molar-refractivity contribution in [2.75, 3.05) is 18.1 Å². The number of rotatable bonds is 6. The standard InChI is InChI=1S/C12H19N5O/c1-3-9(4-2)17(5-6-18)12-10-11(14-7-13-10)15-8-16-12/h7-9,18H,3-6H2,1-2H3,(H,13,14,15,16). The smallest absolute Gasteiger partial charge is 0.182 e. The molecule has 6 heteroatoms. The number of nitrogens with zero attached hydrogens (tertiary/aromatic N) is 4. The SMILES string of the molecule is CCC(CC)N(CCO)c1ncnc2nc[nH]c12. The fraction of sp³-hybridized carbons (Fsp3) is 0.583. The van der Waals surface area contributed by atoms with E-state index in [4.69, 9.17) is 0 Å². The monoisotopic (exact) mass is 249 g/mol. The van der Waals surface area contributed by atoms with Gasteiger partial charge in [0.2, 0.25) is 0 Å². The van der Waals surface area contributed by atoms with Gasteiger partial charge in [-0.1, -0.05) is 13.8 Å². The minimum atomic E-state index is 0.107. The van der Waals surface area contributed by atoms with Crippen LogP contribution in [0.5, 0.6) is 0 Å². The molecule has 2 heterocycles. The van der Waals surface area contributed by atoms with Crippen LogP contribution in [0.15, 0.2) is 12.7 Å². The molecule has 0 fully saturated rings. The van der Waals surface area contributed by atoms with Crippen molar-refractivity contribution >= 4 is 17.0 Å². The van der Waals surface area contributed by atoms with E-state index in [-0.39, 0.29) is 6.61 Å². The Morgan fingerprint density at radius 3 is 2.72 bits per heavy atom. The number of hydrogen-bond donors (Lipinski definition) is 2. The Hall–Kier alpha value is -1.69. The fourth-order valence-electron chi connectivity index (χ4n) is 2.27. The van der Waals surface area contributed by atoms with Crippen LogP contribution in [0.2, 0.25) is 0 Å². The molecule has 0 unspecified atom stereocenters. The van der Waals surface area contributed by atoms with Gasteiger partial charge in [-0.3, -0.25) is 0 Å². The second kappa shape index (κ2) is 5.77. The highest BCUT2D eigenvalue weighted by atomic mass is 16.3. The Kier molecular flexibility index (Phi) is 4.09. The van der Waals surface area contributed by atoms with Crippen LogP contribution in [0.25, 0.3) is 11.2 Å². The maximum absolute atomic E-state index is 9.25. The number of imidazole rings is 1. The topological polar surface area (TPSA) is 77.9 Å². The summed E-state index contributed by atoms with van der Waals surface area (Å²) < 4.78 is 0. The van der Waals surface area contributed by atoms with Crippen molar-refractivity contribution in [3.05, 3.63) is 12.7 Å². The number of aromatic amines is 1. The number of fused-ring (bicyclic) bond motifs is 1. The van der Waals surface area contributed by atoms with Crippen molar-refractivity contribution in [3.8, 4) is 0 Å². The normalized spacial score (nSPS) is 11.3. The van der Waals surface area contributed by atoms with Gasteiger partial charge in [-0.25, -0.2) is 15.0 Å². The summed E-state index contributed by atoms with van der Waals surface area (Å²) in [5.74, 6) is 0.820. The van der Waals surface area contributed by atoms with Crippen LogP contribution in [-0.2, 0) is 0 Å². The molecule has 0 aliphatic rings. The summed E-state index contributed by atoms with van der Waals surface area (Å²) in [7, 11) is 0. The van der Waals surface area contributed by atoms with Crippen molar-refractivity contribution in [1.82, 2.24) is 19.9 Å². The van der Waals surface area contributed by atoms with Gasteiger partial charge in [-0.15, -0.1) is 0 Å². The first-order valence-corrected chi connectivity index (χ1v) is 6.33. The summed E-state index contributed by atoms with van der Waals surface area (Å²) in [4.78, 5) is 17.8. The molecule has 0 saturated carbocycles. The van der Waals surface area contributed by atoms with E-state index in [1.165, 1.54) is 6.33 Å². The van der Waals surface area contributed by atoms with E-state index in [2.05, 4.69) is 38.7 Å². The average molecular weight is 249 g/mol. The molecule has 0 aliphatic heterocycles. The first-order chi connectivity index (χ1) is 8.81. The summed E-state index contributed by atoms with van der Waals surface area (Å²) in [5, 5.41) is 9.25. The highest BCUT2D eigenvalue weighted by Gasteiger charge is 2.19. The Balaban J connectivity index is 2.43. The molecule has 0 saturated heterocycles. The molecule has 0 aromatic carbocycles. The fourth-order valence-corrected chi connectivity index (χ4v) is 2.27. The van der Waals surface area contributed by atoms with E-state index < -0.39 is 0 Å². The van der Waals surface area contributed by atoms with Crippen LogP contribution in [-0.4, -0.2) is 44.2 Å². The van der Waals surface area contributed by atoms with Gasteiger partial charge in [0.05, 0.1) is 12.9 Å². The van der Waals surface area contributed by atoms with Crippen molar-refractivity contribution in [2.24, 2.45) is 0 Å². The molecule has 6 nitrogen and oxygen atoms in total. The van der Waals surface area contributed by atoms with Crippen LogP contribution in [0.3, 0.4) is 0 Å². The lowest BCUT2D eigenvalue weighted by atomic mass is 10.1. The zero-order chi connectivity index (χ0) is 13.0. The maximum Gasteiger partial charge on any atom is 0.182 e. The molecule has 2 aromatic rings. The molecule has 0 amide bonds. The van der Waals surface area contributed by atoms with Gasteiger partial charge in [0.15, 0.2) is 11.5 Å². The minimum absolute atomic E-state index is 0.107. The lowest BCUT2D eigenvalue weighted by molar-refractivity contribution is 0.295. The Morgan fingerprint density at radius 2 is 2.06 bits per heavy atom. The molecule has 2 N–H and O–H groups in total. The number of H-pyrrole nitrogens is 1. The van der Waals surface area contributed by atoms with E-state index in [0.717, 1.165) is 24.2 Å². The molecule has 0 radical (unpaired) electrons. The van der Waals surface area contributed by atoms with Gasteiger partial charge in [0.25, 0.3) is 0 Å². The Labute approximate surface area is 106 Å². The first-order valence-electron chi connectivity index (χ1n) is 6.33. The third-order valence-electron chi connectivity index (χ3n) is 3.20. The first kappa shape index (κ1) is 12.8. The van der Waals surface area contributed by atoms with Crippen molar-refractivity contribution < 1.29 is 5.11 Å². The number of aliphatic hydroxyl groups excluding tert-OH is 1. The van der Waals surface area contributed by atoms with E-state index in [0.29, 0.717) is 18.2 Å². The van der Waals surface area contributed by atoms with Gasteiger partial charge >= 0.3 is 0 Å². The van der Waals surface area contributed by atoms with Gasteiger partial charge in [-0.2, -0.15) is 0 Å². The summed E-state index contributed by atoms with van der Waals surface area (Å²) >= 11 is 0. The van der Waals surface area contributed by atoms with Gasteiger partial charge in [0, 0.05) is 12.6 Å². The second-order valence-corrected chi connectivity index (χ2v) is 4.19. The van der Waals surface area contributed by atoms with Crippen LogP contribution in [0.4, 0.5) is 5.82 Å². The molecule has 2 rings (SSSR count). The van der Waals surface area contributed by atoms with E-state index in [1.54, 1.807) is 6.33 Å². The van der Waals surface area contributed by atoms with Crippen molar-refractivity contribution in [1.29, 1.82) is 0 Å². The molecule has 0 atom stereocenters. The number of aliphatic hydroxyl groups is 1. The number of hydrogen-bond acceptors (Lipinski definition) is 5. The molecule has 0 bridgehead atoms. The van der Waals surface area contributed by atoms with Gasteiger partial charge in [-0.05, 0) is 12.8 Å². The largest absolute Gasteiger partial charge is 0.395 e. The number of aromatic nitrogens is 4.